The molecule has 3 aromatic heterocycles. The van der Waals surface area contributed by atoms with E-state index < -0.39 is 0 Å². The molecule has 0 aliphatic carbocycles. The molecule has 0 unspecified atom stereocenters. The summed E-state index contributed by atoms with van der Waals surface area (Å²) in [6.07, 6.45) is 5.20. The summed E-state index contributed by atoms with van der Waals surface area (Å²) < 4.78 is 4.35. The molecule has 4 aromatic rings. The van der Waals surface area contributed by atoms with Crippen molar-refractivity contribution in [1.82, 2.24) is 24.5 Å². The van der Waals surface area contributed by atoms with Crippen molar-refractivity contribution in [2.75, 3.05) is 5.32 Å². The van der Waals surface area contributed by atoms with Crippen molar-refractivity contribution in [3.8, 4) is 5.69 Å². The molecule has 1 amide bonds. The number of hydrogen-bond donors (Lipinski definition) is 1. The highest BCUT2D eigenvalue weighted by atomic mass is 79.9. The Balaban J connectivity index is 1.55. The zero-order chi connectivity index (χ0) is 18.3. The Morgan fingerprint density at radius 2 is 1.96 bits per heavy atom. The molecule has 1 N–H and O–H groups in total. The number of fused-ring (bicyclic) bond motifs is 1. The number of carbonyl (C=O) groups is 1. The number of carbonyl (C=O) groups excluding carboxylic acids is 1. The van der Waals surface area contributed by atoms with Gasteiger partial charge in [0.05, 0.1) is 33.9 Å². The maximum absolute atomic E-state index is 12.5. The Morgan fingerprint density at radius 1 is 1.19 bits per heavy atom. The third kappa shape index (κ3) is 2.99. The number of pyridine rings is 1. The SMILES string of the molecule is Cc1nn(C)c2ncc(NC(=O)c3ccc(-n4cc(Br)cn4)cc3)cc12. The summed E-state index contributed by atoms with van der Waals surface area (Å²) in [7, 11) is 1.85. The number of nitrogens with one attached hydrogen (secondary N) is 1. The molecule has 0 spiro atoms. The van der Waals surface area contributed by atoms with Crippen LogP contribution < -0.4 is 5.32 Å². The lowest BCUT2D eigenvalue weighted by molar-refractivity contribution is 0.102. The van der Waals surface area contributed by atoms with Gasteiger partial charge in [-0.1, -0.05) is 0 Å². The van der Waals surface area contributed by atoms with Crippen LogP contribution in [0.4, 0.5) is 5.69 Å². The number of anilines is 1. The highest BCUT2D eigenvalue weighted by molar-refractivity contribution is 9.10. The summed E-state index contributed by atoms with van der Waals surface area (Å²) in [5, 5.41) is 12.4. The molecule has 0 aliphatic heterocycles. The molecule has 0 saturated carbocycles. The molecule has 26 heavy (non-hydrogen) atoms. The molecule has 0 aliphatic rings. The highest BCUT2D eigenvalue weighted by Crippen LogP contribution is 2.20. The summed E-state index contributed by atoms with van der Waals surface area (Å²) in [6.45, 7) is 1.92. The van der Waals surface area contributed by atoms with Crippen molar-refractivity contribution >= 4 is 38.6 Å². The van der Waals surface area contributed by atoms with Gasteiger partial charge in [-0.05, 0) is 53.2 Å². The van der Waals surface area contributed by atoms with Crippen molar-refractivity contribution in [3.63, 3.8) is 0 Å². The van der Waals surface area contributed by atoms with Crippen LogP contribution in [0.5, 0.6) is 0 Å². The third-order valence-electron chi connectivity index (χ3n) is 4.07. The van der Waals surface area contributed by atoms with E-state index >= 15 is 0 Å². The molecule has 8 heteroatoms. The fourth-order valence-electron chi connectivity index (χ4n) is 2.79. The lowest BCUT2D eigenvalue weighted by Crippen LogP contribution is -2.12. The number of nitrogens with zero attached hydrogens (tertiary/aromatic N) is 5. The molecule has 0 saturated heterocycles. The summed E-state index contributed by atoms with van der Waals surface area (Å²) >= 11 is 3.37. The summed E-state index contributed by atoms with van der Waals surface area (Å²) in [4.78, 5) is 16.9. The van der Waals surface area contributed by atoms with Crippen LogP contribution in [-0.4, -0.2) is 30.5 Å². The van der Waals surface area contributed by atoms with Gasteiger partial charge in [-0.2, -0.15) is 10.2 Å². The molecule has 0 fully saturated rings. The van der Waals surface area contributed by atoms with Crippen LogP contribution in [0.15, 0.2) is 53.4 Å². The Bertz CT molecular complexity index is 1110. The summed E-state index contributed by atoms with van der Waals surface area (Å²) in [6, 6.07) is 9.11. The van der Waals surface area contributed by atoms with Crippen molar-refractivity contribution < 1.29 is 4.79 Å². The minimum Gasteiger partial charge on any atom is -0.321 e. The first-order valence-electron chi connectivity index (χ1n) is 7.92. The Hall–Kier alpha value is -3.00. The standard InChI is InChI=1S/C18H15BrN6O/c1-11-16-7-14(9-20-17(16)24(2)23-11)22-18(26)12-3-5-15(6-4-12)25-10-13(19)8-21-25/h3-10H,1-2H3,(H,22,26). The van der Waals surface area contributed by atoms with E-state index in [0.29, 0.717) is 11.3 Å². The fraction of sp³-hybridized carbons (Fsp3) is 0.111. The van der Waals surface area contributed by atoms with E-state index in [2.05, 4.69) is 36.4 Å². The molecular weight excluding hydrogens is 396 g/mol. The van der Waals surface area contributed by atoms with E-state index in [1.165, 1.54) is 0 Å². The van der Waals surface area contributed by atoms with E-state index in [9.17, 15) is 4.79 Å². The van der Waals surface area contributed by atoms with Gasteiger partial charge < -0.3 is 5.32 Å². The van der Waals surface area contributed by atoms with Crippen molar-refractivity contribution in [1.29, 1.82) is 0 Å². The van der Waals surface area contributed by atoms with Gasteiger partial charge in [0.25, 0.3) is 5.91 Å². The molecule has 3 heterocycles. The van der Waals surface area contributed by atoms with Gasteiger partial charge in [0.15, 0.2) is 5.65 Å². The Morgan fingerprint density at radius 3 is 2.65 bits per heavy atom. The molecule has 0 bridgehead atoms. The minimum atomic E-state index is -0.194. The topological polar surface area (TPSA) is 77.6 Å². The van der Waals surface area contributed by atoms with E-state index in [4.69, 9.17) is 0 Å². The predicted octanol–water partition coefficient (Wildman–Crippen LogP) is 3.48. The summed E-state index contributed by atoms with van der Waals surface area (Å²) in [5.74, 6) is -0.194. The van der Waals surface area contributed by atoms with Crippen LogP contribution in [0, 0.1) is 6.92 Å². The van der Waals surface area contributed by atoms with E-state index in [1.807, 2.05) is 38.4 Å². The lowest BCUT2D eigenvalue weighted by Gasteiger charge is -2.07. The number of benzene rings is 1. The molecule has 0 atom stereocenters. The molecular formula is C18H15BrN6O. The van der Waals surface area contributed by atoms with Crippen LogP contribution in [0.25, 0.3) is 16.7 Å². The van der Waals surface area contributed by atoms with Crippen LogP contribution in [0.2, 0.25) is 0 Å². The second-order valence-corrected chi connectivity index (χ2v) is 6.82. The van der Waals surface area contributed by atoms with Gasteiger partial charge in [-0.25, -0.2) is 9.67 Å². The maximum atomic E-state index is 12.5. The highest BCUT2D eigenvalue weighted by Gasteiger charge is 2.11. The zero-order valence-corrected chi connectivity index (χ0v) is 15.7. The number of amides is 1. The second kappa shape index (κ2) is 6.38. The number of hydrogen-bond acceptors (Lipinski definition) is 4. The first-order chi connectivity index (χ1) is 12.5. The quantitative estimate of drug-likeness (QED) is 0.560. The Labute approximate surface area is 157 Å². The van der Waals surface area contributed by atoms with E-state index in [0.717, 1.165) is 26.9 Å². The number of aromatic nitrogens is 5. The van der Waals surface area contributed by atoms with Gasteiger partial charge in [-0.3, -0.25) is 9.48 Å². The first-order valence-corrected chi connectivity index (χ1v) is 8.72. The fourth-order valence-corrected chi connectivity index (χ4v) is 3.07. The van der Waals surface area contributed by atoms with Crippen molar-refractivity contribution in [2.24, 2.45) is 7.05 Å². The van der Waals surface area contributed by atoms with Crippen molar-refractivity contribution in [2.45, 2.75) is 6.92 Å². The third-order valence-corrected chi connectivity index (χ3v) is 4.48. The van der Waals surface area contributed by atoms with Gasteiger partial charge >= 0.3 is 0 Å². The molecule has 130 valence electrons. The minimum absolute atomic E-state index is 0.194. The van der Waals surface area contributed by atoms with Crippen LogP contribution in [0.3, 0.4) is 0 Å². The lowest BCUT2D eigenvalue weighted by atomic mass is 10.2. The smallest absolute Gasteiger partial charge is 0.255 e. The van der Waals surface area contributed by atoms with Crippen LogP contribution in [-0.2, 0) is 7.05 Å². The summed E-state index contributed by atoms with van der Waals surface area (Å²) in [5.41, 5.74) is 3.74. The monoisotopic (exact) mass is 410 g/mol. The van der Waals surface area contributed by atoms with E-state index in [1.54, 1.807) is 33.9 Å². The van der Waals surface area contributed by atoms with Gasteiger partial charge in [0.1, 0.15) is 0 Å². The normalized spacial score (nSPS) is 11.0. The van der Waals surface area contributed by atoms with Crippen LogP contribution >= 0.6 is 15.9 Å². The second-order valence-electron chi connectivity index (χ2n) is 5.91. The Kier molecular flexibility index (Phi) is 4.04. The average Bonchev–Trinajstić information content (AvgIpc) is 3.19. The molecule has 0 radical (unpaired) electrons. The molecule has 1 aromatic carbocycles. The van der Waals surface area contributed by atoms with Crippen molar-refractivity contribution in [3.05, 3.63) is 64.7 Å². The molecule has 4 rings (SSSR count). The maximum Gasteiger partial charge on any atom is 0.255 e. The number of halogens is 1. The van der Waals surface area contributed by atoms with Gasteiger partial charge in [-0.15, -0.1) is 0 Å². The van der Waals surface area contributed by atoms with Crippen LogP contribution in [0.1, 0.15) is 16.1 Å². The average molecular weight is 411 g/mol. The first kappa shape index (κ1) is 16.5. The van der Waals surface area contributed by atoms with Gasteiger partial charge in [0, 0.05) is 24.2 Å². The number of aryl methyl sites for hydroxylation is 2. The predicted molar refractivity (Wildman–Crippen MR) is 102 cm³/mol. The number of rotatable bonds is 3. The van der Waals surface area contributed by atoms with Gasteiger partial charge in [0.2, 0.25) is 0 Å². The largest absolute Gasteiger partial charge is 0.321 e. The zero-order valence-electron chi connectivity index (χ0n) is 14.1. The molecule has 7 nitrogen and oxygen atoms in total. The van der Waals surface area contributed by atoms with E-state index in [-0.39, 0.29) is 5.91 Å².